The van der Waals surface area contributed by atoms with Gasteiger partial charge in [-0.05, 0) is 6.92 Å². The van der Waals surface area contributed by atoms with E-state index in [1.807, 2.05) is 0 Å². The lowest BCUT2D eigenvalue weighted by Crippen LogP contribution is -2.33. The zero-order valence-corrected chi connectivity index (χ0v) is 9.02. The molecule has 0 aromatic rings. The van der Waals surface area contributed by atoms with Gasteiger partial charge in [-0.3, -0.25) is 24.1 Å². The summed E-state index contributed by atoms with van der Waals surface area (Å²) >= 11 is 0. The number of hydrogen-bond donors (Lipinski definition) is 0. The average Bonchev–Trinajstić information content (AvgIpc) is 2.47. The standard InChI is InChI=1S/C10H13NO5/c1-7(12)6-10(15)16-5-4-11-8(13)2-3-9(11)14/h2-6H2,1H3. The minimum Gasteiger partial charge on any atom is -0.463 e. The summed E-state index contributed by atoms with van der Waals surface area (Å²) in [6.07, 6.45) is 0.169. The van der Waals surface area contributed by atoms with Crippen LogP contribution in [0.4, 0.5) is 0 Å². The molecule has 0 atom stereocenters. The Balaban J connectivity index is 2.25. The third-order valence-corrected chi connectivity index (χ3v) is 2.13. The lowest BCUT2D eigenvalue weighted by atomic mass is 10.3. The van der Waals surface area contributed by atoms with E-state index in [9.17, 15) is 19.2 Å². The first-order chi connectivity index (χ1) is 7.50. The molecule has 6 heteroatoms. The van der Waals surface area contributed by atoms with Gasteiger partial charge < -0.3 is 4.74 Å². The van der Waals surface area contributed by atoms with Crippen LogP contribution in [-0.2, 0) is 23.9 Å². The smallest absolute Gasteiger partial charge is 0.313 e. The lowest BCUT2D eigenvalue weighted by molar-refractivity contribution is -0.149. The van der Waals surface area contributed by atoms with Crippen molar-refractivity contribution in [3.8, 4) is 0 Å². The van der Waals surface area contributed by atoms with Crippen LogP contribution < -0.4 is 0 Å². The van der Waals surface area contributed by atoms with Crippen LogP contribution in [0, 0.1) is 0 Å². The van der Waals surface area contributed by atoms with Gasteiger partial charge in [-0.15, -0.1) is 0 Å². The van der Waals surface area contributed by atoms with E-state index in [2.05, 4.69) is 0 Å². The van der Waals surface area contributed by atoms with E-state index >= 15 is 0 Å². The molecule has 1 saturated heterocycles. The Morgan fingerprint density at radius 2 is 1.81 bits per heavy atom. The Morgan fingerprint density at radius 1 is 1.25 bits per heavy atom. The molecule has 0 bridgehead atoms. The molecule has 88 valence electrons. The number of ketones is 1. The molecular weight excluding hydrogens is 214 g/mol. The number of Topliss-reactive ketones (excluding diaryl/α,β-unsaturated/α-hetero) is 1. The average molecular weight is 227 g/mol. The second-order valence-electron chi connectivity index (χ2n) is 3.54. The maximum Gasteiger partial charge on any atom is 0.313 e. The van der Waals surface area contributed by atoms with Crippen LogP contribution in [-0.4, -0.2) is 41.6 Å². The molecule has 0 spiro atoms. The van der Waals surface area contributed by atoms with E-state index < -0.39 is 5.97 Å². The van der Waals surface area contributed by atoms with Crippen LogP contribution in [0.1, 0.15) is 26.2 Å². The van der Waals surface area contributed by atoms with E-state index in [0.29, 0.717) is 0 Å². The molecule has 1 rings (SSSR count). The van der Waals surface area contributed by atoms with Crippen molar-refractivity contribution in [3.05, 3.63) is 0 Å². The number of carbonyl (C=O) groups is 4. The molecule has 1 heterocycles. The van der Waals surface area contributed by atoms with Crippen molar-refractivity contribution in [2.24, 2.45) is 0 Å². The third kappa shape index (κ3) is 3.45. The molecule has 1 fully saturated rings. The molecule has 0 N–H and O–H groups in total. The molecule has 1 aliphatic heterocycles. The van der Waals surface area contributed by atoms with E-state index in [4.69, 9.17) is 4.74 Å². The molecule has 0 aromatic carbocycles. The Bertz CT molecular complexity index is 320. The predicted molar refractivity (Wildman–Crippen MR) is 52.2 cm³/mol. The first-order valence-electron chi connectivity index (χ1n) is 4.99. The fourth-order valence-electron chi connectivity index (χ4n) is 1.38. The number of likely N-dealkylation sites (tertiary alicyclic amines) is 1. The SMILES string of the molecule is CC(=O)CC(=O)OCCN1C(=O)CCC1=O. The van der Waals surface area contributed by atoms with E-state index in [0.717, 1.165) is 4.90 Å². The van der Waals surface area contributed by atoms with Gasteiger partial charge in [0.25, 0.3) is 0 Å². The summed E-state index contributed by atoms with van der Waals surface area (Å²) in [5, 5.41) is 0. The van der Waals surface area contributed by atoms with Crippen molar-refractivity contribution in [2.75, 3.05) is 13.2 Å². The number of esters is 1. The van der Waals surface area contributed by atoms with Crippen molar-refractivity contribution >= 4 is 23.6 Å². The number of imide groups is 1. The van der Waals surface area contributed by atoms with Gasteiger partial charge in [0.15, 0.2) is 0 Å². The first kappa shape index (κ1) is 12.4. The number of nitrogens with zero attached hydrogens (tertiary/aromatic N) is 1. The maximum atomic E-state index is 11.1. The fourth-order valence-corrected chi connectivity index (χ4v) is 1.38. The van der Waals surface area contributed by atoms with Crippen molar-refractivity contribution in [1.29, 1.82) is 0 Å². The summed E-state index contributed by atoms with van der Waals surface area (Å²) in [7, 11) is 0. The second kappa shape index (κ2) is 5.39. The van der Waals surface area contributed by atoms with Gasteiger partial charge in [-0.25, -0.2) is 0 Å². The molecule has 0 saturated carbocycles. The fraction of sp³-hybridized carbons (Fsp3) is 0.600. The number of hydrogen-bond acceptors (Lipinski definition) is 5. The minimum atomic E-state index is -0.633. The number of amides is 2. The second-order valence-corrected chi connectivity index (χ2v) is 3.54. The molecule has 2 amide bonds. The van der Waals surface area contributed by atoms with Gasteiger partial charge in [0.1, 0.15) is 18.8 Å². The summed E-state index contributed by atoms with van der Waals surface area (Å²) in [4.78, 5) is 44.9. The maximum absolute atomic E-state index is 11.1. The molecule has 0 radical (unpaired) electrons. The zero-order valence-electron chi connectivity index (χ0n) is 9.02. The summed E-state index contributed by atoms with van der Waals surface area (Å²) < 4.78 is 4.71. The number of rotatable bonds is 5. The van der Waals surface area contributed by atoms with Crippen molar-refractivity contribution in [1.82, 2.24) is 4.90 Å². The summed E-state index contributed by atoms with van der Waals surface area (Å²) in [5.41, 5.74) is 0. The van der Waals surface area contributed by atoms with Gasteiger partial charge in [-0.2, -0.15) is 0 Å². The van der Waals surface area contributed by atoms with E-state index in [-0.39, 0.29) is 50.0 Å². The highest BCUT2D eigenvalue weighted by molar-refractivity contribution is 6.01. The quantitative estimate of drug-likeness (QED) is 0.364. The van der Waals surface area contributed by atoms with Crippen LogP contribution in [0.5, 0.6) is 0 Å². The van der Waals surface area contributed by atoms with Crippen LogP contribution in [0.2, 0.25) is 0 Å². The van der Waals surface area contributed by atoms with Crippen molar-refractivity contribution < 1.29 is 23.9 Å². The Hall–Kier alpha value is -1.72. The highest BCUT2D eigenvalue weighted by Crippen LogP contribution is 2.10. The third-order valence-electron chi connectivity index (χ3n) is 2.13. The summed E-state index contributed by atoms with van der Waals surface area (Å²) in [6.45, 7) is 1.31. The summed E-state index contributed by atoms with van der Waals surface area (Å²) in [6, 6.07) is 0. The minimum absolute atomic E-state index is 0.0520. The highest BCUT2D eigenvalue weighted by Gasteiger charge is 2.28. The van der Waals surface area contributed by atoms with E-state index in [1.54, 1.807) is 0 Å². The van der Waals surface area contributed by atoms with Gasteiger partial charge in [0.2, 0.25) is 11.8 Å². The molecule has 1 aliphatic rings. The van der Waals surface area contributed by atoms with Gasteiger partial charge >= 0.3 is 5.97 Å². The van der Waals surface area contributed by atoms with Crippen molar-refractivity contribution in [2.45, 2.75) is 26.2 Å². The van der Waals surface area contributed by atoms with Gasteiger partial charge in [0.05, 0.1) is 6.54 Å². The molecule has 0 unspecified atom stereocenters. The van der Waals surface area contributed by atoms with Crippen LogP contribution in [0.15, 0.2) is 0 Å². The Labute approximate surface area is 92.5 Å². The molecule has 6 nitrogen and oxygen atoms in total. The predicted octanol–water partition coefficient (Wildman–Crippen LogP) is -0.342. The molecular formula is C10H13NO5. The zero-order chi connectivity index (χ0) is 12.1. The number of carbonyl (C=O) groups excluding carboxylic acids is 4. The molecule has 0 aromatic heterocycles. The van der Waals surface area contributed by atoms with Gasteiger partial charge in [0, 0.05) is 12.8 Å². The highest BCUT2D eigenvalue weighted by atomic mass is 16.5. The molecule has 16 heavy (non-hydrogen) atoms. The lowest BCUT2D eigenvalue weighted by Gasteiger charge is -2.13. The Kier molecular flexibility index (Phi) is 4.16. The normalized spacial score (nSPS) is 15.4. The van der Waals surface area contributed by atoms with Crippen LogP contribution in [0.3, 0.4) is 0 Å². The largest absolute Gasteiger partial charge is 0.463 e. The number of ether oxygens (including phenoxy) is 1. The van der Waals surface area contributed by atoms with Crippen LogP contribution >= 0.6 is 0 Å². The Morgan fingerprint density at radius 3 is 2.31 bits per heavy atom. The first-order valence-corrected chi connectivity index (χ1v) is 4.99. The van der Waals surface area contributed by atoms with E-state index in [1.165, 1.54) is 6.92 Å². The van der Waals surface area contributed by atoms with Crippen LogP contribution in [0.25, 0.3) is 0 Å². The monoisotopic (exact) mass is 227 g/mol. The molecule has 0 aliphatic carbocycles. The summed E-state index contributed by atoms with van der Waals surface area (Å²) in [5.74, 6) is -1.40. The topological polar surface area (TPSA) is 80.8 Å². The van der Waals surface area contributed by atoms with Crippen molar-refractivity contribution in [3.63, 3.8) is 0 Å². The van der Waals surface area contributed by atoms with Gasteiger partial charge in [-0.1, -0.05) is 0 Å².